The topological polar surface area (TPSA) is 79.7 Å². The number of carbonyl (C=O) groups is 1. The van der Waals surface area contributed by atoms with Crippen molar-refractivity contribution < 1.29 is 19.0 Å². The molecule has 8 heteroatoms. The molecule has 0 saturated carbocycles. The molecule has 162 valence electrons. The summed E-state index contributed by atoms with van der Waals surface area (Å²) in [6.45, 7) is 5.06. The van der Waals surface area contributed by atoms with Gasteiger partial charge in [-0.25, -0.2) is 9.78 Å². The van der Waals surface area contributed by atoms with E-state index in [-0.39, 0.29) is 18.9 Å². The van der Waals surface area contributed by atoms with E-state index >= 15 is 0 Å². The number of benzene rings is 1. The number of carbonyl (C=O) groups excluding carboxylic acids is 1. The second-order valence-corrected chi connectivity index (χ2v) is 9.25. The second kappa shape index (κ2) is 8.09. The highest BCUT2D eigenvalue weighted by atomic mass is 32.1. The molecule has 7 nitrogen and oxygen atoms in total. The molecule has 0 fully saturated rings. The summed E-state index contributed by atoms with van der Waals surface area (Å²) in [6.07, 6.45) is 4.62. The Morgan fingerprint density at radius 2 is 2.26 bits per heavy atom. The summed E-state index contributed by atoms with van der Waals surface area (Å²) >= 11 is 1.64. The Morgan fingerprint density at radius 3 is 3.10 bits per heavy atom. The highest BCUT2D eigenvalue weighted by molar-refractivity contribution is 7.18. The Balaban J connectivity index is 1.58. The molecule has 1 unspecified atom stereocenters. The van der Waals surface area contributed by atoms with Gasteiger partial charge >= 0.3 is 5.97 Å². The first-order valence-electron chi connectivity index (χ1n) is 10.6. The van der Waals surface area contributed by atoms with Crippen molar-refractivity contribution >= 4 is 27.5 Å². The van der Waals surface area contributed by atoms with Crippen LogP contribution in [0.2, 0.25) is 0 Å². The fourth-order valence-corrected chi connectivity index (χ4v) is 5.75. The van der Waals surface area contributed by atoms with Crippen LogP contribution in [0, 0.1) is 5.92 Å². The number of ether oxygens (including phenoxy) is 3. The normalized spacial score (nSPS) is 17.7. The molecule has 1 atom stereocenters. The van der Waals surface area contributed by atoms with E-state index in [2.05, 4.69) is 11.9 Å². The Bertz CT molecular complexity index is 1230. The summed E-state index contributed by atoms with van der Waals surface area (Å²) in [5, 5.41) is 0.745. The quantitative estimate of drug-likeness (QED) is 0.576. The Kier molecular flexibility index (Phi) is 5.27. The lowest BCUT2D eigenvalue weighted by molar-refractivity contribution is -0.0171. The van der Waals surface area contributed by atoms with Crippen molar-refractivity contribution in [3.63, 3.8) is 0 Å². The van der Waals surface area contributed by atoms with Crippen LogP contribution in [0.1, 0.15) is 52.2 Å². The van der Waals surface area contributed by atoms with Gasteiger partial charge in [-0.15, -0.1) is 11.3 Å². The average molecular weight is 441 g/mol. The van der Waals surface area contributed by atoms with E-state index in [1.807, 2.05) is 0 Å². The molecule has 0 radical (unpaired) electrons. The van der Waals surface area contributed by atoms with Crippen molar-refractivity contribution in [2.24, 2.45) is 5.92 Å². The molecular weight excluding hydrogens is 416 g/mol. The number of aromatic nitrogens is 2. The Morgan fingerprint density at radius 1 is 1.39 bits per heavy atom. The third kappa shape index (κ3) is 3.64. The summed E-state index contributed by atoms with van der Waals surface area (Å²) in [7, 11) is 0. The van der Waals surface area contributed by atoms with Crippen LogP contribution in [0.3, 0.4) is 0 Å². The predicted molar refractivity (Wildman–Crippen MR) is 117 cm³/mol. The minimum Gasteiger partial charge on any atom is -0.467 e. The molecule has 0 N–H and O–H groups in total. The summed E-state index contributed by atoms with van der Waals surface area (Å²) in [5.74, 6) is 0.894. The lowest BCUT2D eigenvalue weighted by atomic mass is 9.89. The first-order valence-corrected chi connectivity index (χ1v) is 11.4. The molecule has 0 saturated heterocycles. The van der Waals surface area contributed by atoms with Gasteiger partial charge in [-0.3, -0.25) is 9.36 Å². The first-order chi connectivity index (χ1) is 15.0. The molecule has 1 aromatic carbocycles. The maximum Gasteiger partial charge on any atom is 0.338 e. The van der Waals surface area contributed by atoms with Crippen LogP contribution < -0.4 is 10.3 Å². The van der Waals surface area contributed by atoms with Crippen molar-refractivity contribution in [1.82, 2.24) is 9.55 Å². The van der Waals surface area contributed by atoms with Crippen molar-refractivity contribution in [2.45, 2.75) is 46.3 Å². The van der Waals surface area contributed by atoms with E-state index < -0.39 is 5.97 Å². The van der Waals surface area contributed by atoms with Crippen molar-refractivity contribution in [2.75, 3.05) is 13.4 Å². The highest BCUT2D eigenvalue weighted by Crippen LogP contribution is 2.36. The molecular formula is C23H24N2O5S. The van der Waals surface area contributed by atoms with E-state index in [1.165, 1.54) is 4.88 Å². The van der Waals surface area contributed by atoms with Crippen LogP contribution in [0.4, 0.5) is 0 Å². The maximum absolute atomic E-state index is 13.4. The predicted octanol–water partition coefficient (Wildman–Crippen LogP) is 3.67. The van der Waals surface area contributed by atoms with Gasteiger partial charge < -0.3 is 14.2 Å². The van der Waals surface area contributed by atoms with E-state index in [4.69, 9.17) is 14.2 Å². The van der Waals surface area contributed by atoms with Crippen LogP contribution >= 0.6 is 11.3 Å². The van der Waals surface area contributed by atoms with Crippen LogP contribution in [0.25, 0.3) is 10.2 Å². The number of thiophene rings is 1. The van der Waals surface area contributed by atoms with Crippen molar-refractivity contribution in [3.8, 4) is 5.75 Å². The molecule has 0 spiro atoms. The number of hydrogen-bond acceptors (Lipinski definition) is 7. The molecule has 3 heterocycles. The molecule has 3 aromatic rings. The van der Waals surface area contributed by atoms with Gasteiger partial charge in [0.15, 0.2) is 6.79 Å². The lowest BCUT2D eigenvalue weighted by Crippen LogP contribution is -2.23. The van der Waals surface area contributed by atoms with Gasteiger partial charge in [0.2, 0.25) is 0 Å². The Hall–Kier alpha value is -2.71. The van der Waals surface area contributed by atoms with Crippen LogP contribution in [0.5, 0.6) is 5.75 Å². The minimum atomic E-state index is -0.404. The SMILES string of the molecule is CCOC(=O)c1cc2c(c(Cn3cnc4sc5c(c4c3=O)CCC(C)C5)c1)OCOC2. The summed E-state index contributed by atoms with van der Waals surface area (Å²) in [6, 6.07) is 3.47. The molecule has 2 aromatic heterocycles. The van der Waals surface area contributed by atoms with E-state index in [0.717, 1.165) is 46.2 Å². The monoisotopic (exact) mass is 440 g/mol. The number of rotatable bonds is 4. The molecule has 0 amide bonds. The number of hydrogen-bond donors (Lipinski definition) is 0. The number of aryl methyl sites for hydroxylation is 1. The fourth-order valence-electron chi connectivity index (χ4n) is 4.41. The average Bonchev–Trinajstić information content (AvgIpc) is 3.14. The van der Waals surface area contributed by atoms with E-state index in [0.29, 0.717) is 30.4 Å². The molecule has 31 heavy (non-hydrogen) atoms. The largest absolute Gasteiger partial charge is 0.467 e. The van der Waals surface area contributed by atoms with Gasteiger partial charge in [-0.2, -0.15) is 0 Å². The van der Waals surface area contributed by atoms with Crippen LogP contribution in [-0.2, 0) is 35.5 Å². The summed E-state index contributed by atoms with van der Waals surface area (Å²) in [5.41, 5.74) is 3.06. The third-order valence-corrected chi connectivity index (χ3v) is 7.08. The number of nitrogens with zero attached hydrogens (tertiary/aromatic N) is 2. The van der Waals surface area contributed by atoms with E-state index in [1.54, 1.807) is 41.3 Å². The fraction of sp³-hybridized carbons (Fsp3) is 0.435. The third-order valence-electron chi connectivity index (χ3n) is 5.92. The van der Waals surface area contributed by atoms with Gasteiger partial charge in [0.25, 0.3) is 5.56 Å². The van der Waals surface area contributed by atoms with Gasteiger partial charge in [0, 0.05) is 16.0 Å². The molecule has 1 aliphatic heterocycles. The van der Waals surface area contributed by atoms with Gasteiger partial charge in [-0.05, 0) is 49.8 Å². The maximum atomic E-state index is 13.4. The Labute approximate surface area is 183 Å². The zero-order valence-corrected chi connectivity index (χ0v) is 18.4. The molecule has 1 aliphatic carbocycles. The van der Waals surface area contributed by atoms with E-state index in [9.17, 15) is 9.59 Å². The van der Waals surface area contributed by atoms with Crippen molar-refractivity contribution in [3.05, 3.63) is 55.9 Å². The van der Waals surface area contributed by atoms with Gasteiger partial charge in [-0.1, -0.05) is 6.92 Å². The zero-order chi connectivity index (χ0) is 21.5. The standard InChI is InChI=1S/C23H24N2O5S/c1-3-29-23(27)14-7-15(20-16(8-14)10-28-12-30-20)9-25-11-24-21-19(22(25)26)17-5-4-13(2)6-18(17)31-21/h7-8,11,13H,3-6,9-10,12H2,1-2H3. The number of fused-ring (bicyclic) bond motifs is 4. The van der Waals surface area contributed by atoms with Gasteiger partial charge in [0.1, 0.15) is 10.6 Å². The van der Waals surface area contributed by atoms with Crippen LogP contribution in [-0.4, -0.2) is 28.9 Å². The second-order valence-electron chi connectivity index (χ2n) is 8.16. The number of esters is 1. The lowest BCUT2D eigenvalue weighted by Gasteiger charge is -2.22. The smallest absolute Gasteiger partial charge is 0.338 e. The molecule has 5 rings (SSSR count). The molecule has 2 aliphatic rings. The van der Waals surface area contributed by atoms with Crippen molar-refractivity contribution in [1.29, 1.82) is 0 Å². The van der Waals surface area contributed by atoms with Gasteiger partial charge in [0.05, 0.1) is 37.0 Å². The molecule has 0 bridgehead atoms. The van der Waals surface area contributed by atoms with Crippen LogP contribution in [0.15, 0.2) is 23.3 Å². The summed E-state index contributed by atoms with van der Waals surface area (Å²) in [4.78, 5) is 32.4. The zero-order valence-electron chi connectivity index (χ0n) is 17.6. The minimum absolute atomic E-state index is 0.0422. The highest BCUT2D eigenvalue weighted by Gasteiger charge is 2.24. The first kappa shape index (κ1) is 20.2. The summed E-state index contributed by atoms with van der Waals surface area (Å²) < 4.78 is 17.9.